The Hall–Kier alpha value is -2.37. The first-order valence-corrected chi connectivity index (χ1v) is 9.05. The predicted molar refractivity (Wildman–Crippen MR) is 99.3 cm³/mol. The highest BCUT2D eigenvalue weighted by Gasteiger charge is 2.14. The summed E-state index contributed by atoms with van der Waals surface area (Å²) in [5.74, 6) is 0.853. The molecule has 0 spiro atoms. The predicted octanol–water partition coefficient (Wildman–Crippen LogP) is 2.41. The zero-order valence-corrected chi connectivity index (χ0v) is 15.3. The average Bonchev–Trinajstić information content (AvgIpc) is 2.92. The largest absolute Gasteiger partial charge is 0.356 e. The first kappa shape index (κ1) is 19.0. The number of nitrogens with one attached hydrogen (secondary N) is 2. The summed E-state index contributed by atoms with van der Waals surface area (Å²) in [7, 11) is 0. The number of hydrogen-bond donors (Lipinski definition) is 2. The van der Waals surface area contributed by atoms with E-state index >= 15 is 0 Å². The van der Waals surface area contributed by atoms with E-state index < -0.39 is 0 Å². The van der Waals surface area contributed by atoms with Gasteiger partial charge in [-0.25, -0.2) is 4.98 Å². The third-order valence-corrected chi connectivity index (χ3v) is 4.20. The number of para-hydroxylation sites is 2. The second kappa shape index (κ2) is 9.20. The highest BCUT2D eigenvalue weighted by Crippen LogP contribution is 2.16. The van der Waals surface area contributed by atoms with Gasteiger partial charge in [0.05, 0.1) is 11.0 Å². The van der Waals surface area contributed by atoms with Crippen molar-refractivity contribution >= 4 is 22.8 Å². The van der Waals surface area contributed by atoms with Crippen LogP contribution in [0.2, 0.25) is 0 Å². The Morgan fingerprint density at radius 1 is 1.20 bits per heavy atom. The molecule has 136 valence electrons. The fourth-order valence-electron chi connectivity index (χ4n) is 2.69. The summed E-state index contributed by atoms with van der Waals surface area (Å²) in [4.78, 5) is 28.6. The quantitative estimate of drug-likeness (QED) is 0.733. The molecule has 1 atom stereocenters. The minimum absolute atomic E-state index is 0.0197. The van der Waals surface area contributed by atoms with Gasteiger partial charge in [-0.2, -0.15) is 0 Å². The third kappa shape index (κ3) is 5.31. The Balaban J connectivity index is 2.12. The summed E-state index contributed by atoms with van der Waals surface area (Å²) in [5.41, 5.74) is 1.81. The number of carbonyl (C=O) groups is 2. The van der Waals surface area contributed by atoms with Gasteiger partial charge >= 0.3 is 0 Å². The van der Waals surface area contributed by atoms with E-state index in [1.54, 1.807) is 0 Å². The van der Waals surface area contributed by atoms with Gasteiger partial charge in [-0.05, 0) is 31.9 Å². The zero-order valence-electron chi connectivity index (χ0n) is 15.3. The van der Waals surface area contributed by atoms with Crippen molar-refractivity contribution in [2.75, 3.05) is 6.54 Å². The van der Waals surface area contributed by atoms with Crippen LogP contribution in [0.4, 0.5) is 0 Å². The third-order valence-electron chi connectivity index (χ3n) is 4.20. The lowest BCUT2D eigenvalue weighted by molar-refractivity contribution is -0.122. The molecule has 2 N–H and O–H groups in total. The van der Waals surface area contributed by atoms with Crippen molar-refractivity contribution in [3.63, 3.8) is 0 Å². The molecule has 1 aromatic heterocycles. The van der Waals surface area contributed by atoms with Crippen LogP contribution in [0.25, 0.3) is 11.0 Å². The number of fused-ring (bicyclic) bond motifs is 1. The average molecular weight is 344 g/mol. The van der Waals surface area contributed by atoms with Crippen molar-refractivity contribution in [1.29, 1.82) is 0 Å². The van der Waals surface area contributed by atoms with Crippen molar-refractivity contribution in [3.05, 3.63) is 30.1 Å². The van der Waals surface area contributed by atoms with Crippen molar-refractivity contribution in [2.45, 2.75) is 59.0 Å². The van der Waals surface area contributed by atoms with E-state index in [9.17, 15) is 9.59 Å². The summed E-state index contributed by atoms with van der Waals surface area (Å²) in [5, 5.41) is 5.90. The molecule has 0 aliphatic heterocycles. The SMILES string of the molecule is CCCC(=O)NCCc1nc2ccccc2n1CC(=O)NC(C)CC. The number of nitrogens with zero attached hydrogens (tertiary/aromatic N) is 2. The van der Waals surface area contributed by atoms with E-state index in [1.807, 2.05) is 49.6 Å². The lowest BCUT2D eigenvalue weighted by atomic mass is 10.2. The normalized spacial score (nSPS) is 12.1. The van der Waals surface area contributed by atoms with E-state index in [1.165, 1.54) is 0 Å². The molecule has 6 nitrogen and oxygen atoms in total. The first-order chi connectivity index (χ1) is 12.0. The van der Waals surface area contributed by atoms with Gasteiger partial charge < -0.3 is 15.2 Å². The molecule has 0 aliphatic carbocycles. The van der Waals surface area contributed by atoms with E-state index in [0.29, 0.717) is 19.4 Å². The fourth-order valence-corrected chi connectivity index (χ4v) is 2.69. The minimum atomic E-state index is -0.0197. The minimum Gasteiger partial charge on any atom is -0.356 e. The van der Waals surface area contributed by atoms with Crippen molar-refractivity contribution in [2.24, 2.45) is 0 Å². The van der Waals surface area contributed by atoms with Crippen molar-refractivity contribution in [3.8, 4) is 0 Å². The number of hydrogen-bond acceptors (Lipinski definition) is 3. The van der Waals surface area contributed by atoms with Crippen LogP contribution in [-0.4, -0.2) is 34.0 Å². The second-order valence-corrected chi connectivity index (χ2v) is 6.33. The Labute approximate surface area is 149 Å². The Bertz CT molecular complexity index is 723. The van der Waals surface area contributed by atoms with Crippen LogP contribution in [-0.2, 0) is 22.6 Å². The number of benzene rings is 1. The summed E-state index contributed by atoms with van der Waals surface area (Å²) < 4.78 is 1.94. The zero-order chi connectivity index (χ0) is 18.2. The summed E-state index contributed by atoms with van der Waals surface area (Å²) in [6.45, 7) is 6.78. The molecule has 0 bridgehead atoms. The van der Waals surface area contributed by atoms with Gasteiger partial charge in [0.1, 0.15) is 12.4 Å². The van der Waals surface area contributed by atoms with E-state index in [-0.39, 0.29) is 24.4 Å². The van der Waals surface area contributed by atoms with Crippen LogP contribution in [0.5, 0.6) is 0 Å². The monoisotopic (exact) mass is 344 g/mol. The van der Waals surface area contributed by atoms with Gasteiger partial charge in [-0.3, -0.25) is 9.59 Å². The molecule has 1 aromatic carbocycles. The van der Waals surface area contributed by atoms with Gasteiger partial charge in [-0.15, -0.1) is 0 Å². The highest BCUT2D eigenvalue weighted by atomic mass is 16.2. The number of amides is 2. The van der Waals surface area contributed by atoms with Crippen LogP contribution in [0.1, 0.15) is 45.9 Å². The second-order valence-electron chi connectivity index (χ2n) is 6.33. The summed E-state index contributed by atoms with van der Waals surface area (Å²) in [6, 6.07) is 7.94. The summed E-state index contributed by atoms with van der Waals surface area (Å²) in [6.07, 6.45) is 2.86. The van der Waals surface area contributed by atoms with E-state index in [2.05, 4.69) is 15.6 Å². The van der Waals surface area contributed by atoms with Crippen molar-refractivity contribution in [1.82, 2.24) is 20.2 Å². The molecule has 2 amide bonds. The Morgan fingerprint density at radius 2 is 1.96 bits per heavy atom. The number of aromatic nitrogens is 2. The topological polar surface area (TPSA) is 76.0 Å². The Morgan fingerprint density at radius 3 is 2.68 bits per heavy atom. The van der Waals surface area contributed by atoms with E-state index in [4.69, 9.17) is 0 Å². The van der Waals surface area contributed by atoms with Crippen LogP contribution >= 0.6 is 0 Å². The number of imidazole rings is 1. The van der Waals surface area contributed by atoms with Crippen LogP contribution < -0.4 is 10.6 Å². The fraction of sp³-hybridized carbons (Fsp3) is 0.526. The molecular weight excluding hydrogens is 316 g/mol. The number of carbonyl (C=O) groups excluding carboxylic acids is 2. The molecule has 1 heterocycles. The highest BCUT2D eigenvalue weighted by molar-refractivity contribution is 5.81. The van der Waals surface area contributed by atoms with Crippen LogP contribution in [0, 0.1) is 0 Å². The molecule has 1 unspecified atom stereocenters. The van der Waals surface area contributed by atoms with Crippen LogP contribution in [0.15, 0.2) is 24.3 Å². The lowest BCUT2D eigenvalue weighted by Crippen LogP contribution is -2.35. The van der Waals surface area contributed by atoms with Gasteiger partial charge in [0.25, 0.3) is 0 Å². The Kier molecular flexibility index (Phi) is 6.98. The van der Waals surface area contributed by atoms with Gasteiger partial charge in [0.15, 0.2) is 0 Å². The molecule has 2 rings (SSSR count). The molecule has 2 aromatic rings. The van der Waals surface area contributed by atoms with E-state index in [0.717, 1.165) is 29.7 Å². The van der Waals surface area contributed by atoms with Gasteiger partial charge in [0.2, 0.25) is 11.8 Å². The van der Waals surface area contributed by atoms with Gasteiger partial charge in [-0.1, -0.05) is 26.0 Å². The maximum absolute atomic E-state index is 12.3. The van der Waals surface area contributed by atoms with Crippen LogP contribution in [0.3, 0.4) is 0 Å². The molecule has 0 radical (unpaired) electrons. The maximum Gasteiger partial charge on any atom is 0.240 e. The smallest absolute Gasteiger partial charge is 0.240 e. The van der Waals surface area contributed by atoms with Crippen molar-refractivity contribution < 1.29 is 9.59 Å². The van der Waals surface area contributed by atoms with Gasteiger partial charge in [0, 0.05) is 25.4 Å². The summed E-state index contributed by atoms with van der Waals surface area (Å²) >= 11 is 0. The molecule has 0 saturated carbocycles. The standard InChI is InChI=1S/C19H28N4O2/c1-4-8-18(24)20-12-11-17-22-15-9-6-7-10-16(15)23(17)13-19(25)21-14(3)5-2/h6-7,9-10,14H,4-5,8,11-13H2,1-3H3,(H,20,24)(H,21,25). The lowest BCUT2D eigenvalue weighted by Gasteiger charge is -2.14. The maximum atomic E-state index is 12.3. The molecule has 0 fully saturated rings. The molecule has 6 heteroatoms. The first-order valence-electron chi connectivity index (χ1n) is 9.05. The molecule has 25 heavy (non-hydrogen) atoms. The molecular formula is C19H28N4O2. The number of rotatable bonds is 9. The molecule has 0 saturated heterocycles. The molecule has 0 aliphatic rings.